The van der Waals surface area contributed by atoms with Crippen molar-refractivity contribution in [2.75, 3.05) is 38.2 Å². The number of amides is 9. The van der Waals surface area contributed by atoms with Gasteiger partial charge in [0.15, 0.2) is 11.9 Å². The smallest absolute Gasteiger partial charge is 0.243 e. The van der Waals surface area contributed by atoms with Gasteiger partial charge in [-0.1, -0.05) is 41.5 Å². The summed E-state index contributed by atoms with van der Waals surface area (Å²) in [6.45, 7) is 0.875. The van der Waals surface area contributed by atoms with Crippen LogP contribution in [0.2, 0.25) is 0 Å². The number of guanidine groups is 2. The predicted octanol–water partition coefficient (Wildman–Crippen LogP) is -5.26. The molecule has 0 spiro atoms. The fourth-order valence-corrected chi connectivity index (χ4v) is 7.10. The van der Waals surface area contributed by atoms with Crippen molar-refractivity contribution >= 4 is 76.3 Å². The summed E-state index contributed by atoms with van der Waals surface area (Å²) < 4.78 is 12.3. The largest absolute Gasteiger partial charge is 0.617 e. The fraction of sp³-hybridized carbons (Fsp3) is 0.575. The number of benzene rings is 1. The van der Waals surface area contributed by atoms with E-state index in [1.807, 2.05) is 0 Å². The number of hydrogen-bond acceptors (Lipinski definition) is 12. The quantitative estimate of drug-likeness (QED) is 0.0301. The number of primary amides is 1. The molecule has 2 rings (SSSR count). The van der Waals surface area contributed by atoms with Crippen LogP contribution in [0.15, 0.2) is 30.3 Å². The highest BCUT2D eigenvalue weighted by atomic mass is 32.2. The second-order valence-electron chi connectivity index (χ2n) is 15.5. The summed E-state index contributed by atoms with van der Waals surface area (Å²) in [4.78, 5) is 120. The Morgan fingerprint density at radius 3 is 2.02 bits per heavy atom. The Kier molecular flexibility index (Phi) is 24.9. The highest BCUT2D eigenvalue weighted by Crippen LogP contribution is 2.10. The highest BCUT2D eigenvalue weighted by molar-refractivity contribution is 7.90. The van der Waals surface area contributed by atoms with E-state index in [0.29, 0.717) is 5.56 Å². The van der Waals surface area contributed by atoms with Gasteiger partial charge in [-0.05, 0) is 50.5 Å². The molecule has 25 nitrogen and oxygen atoms in total. The number of nitrogens with two attached hydrogens (primary N) is 3. The average Bonchev–Trinajstić information content (AvgIpc) is 3.25. The molecule has 0 aliphatic carbocycles. The third-order valence-electron chi connectivity index (χ3n) is 9.93. The molecule has 9 amide bonds. The lowest BCUT2D eigenvalue weighted by Crippen LogP contribution is -2.60. The summed E-state index contributed by atoms with van der Waals surface area (Å²) in [5, 5.41) is 40.4. The van der Waals surface area contributed by atoms with Crippen LogP contribution in [0.25, 0.3) is 0 Å². The Morgan fingerprint density at radius 2 is 1.39 bits per heavy atom. The topological polar surface area (TPSA) is 423 Å². The van der Waals surface area contributed by atoms with E-state index in [1.54, 1.807) is 30.3 Å². The number of nitrogens with one attached hydrogen (secondary N) is 12. The second kappa shape index (κ2) is 29.7. The first-order valence-electron chi connectivity index (χ1n) is 21.4. The molecule has 1 aliphatic rings. The summed E-state index contributed by atoms with van der Waals surface area (Å²) in [5.41, 5.74) is 16.8. The zero-order valence-electron chi connectivity index (χ0n) is 37.2. The van der Waals surface area contributed by atoms with Gasteiger partial charge in [-0.3, -0.25) is 54.0 Å². The van der Waals surface area contributed by atoms with Crippen molar-refractivity contribution in [1.29, 1.82) is 10.8 Å². The van der Waals surface area contributed by atoms with Gasteiger partial charge >= 0.3 is 0 Å². The summed E-state index contributed by atoms with van der Waals surface area (Å²) in [7, 11) is 0. The van der Waals surface area contributed by atoms with E-state index in [0.717, 1.165) is 0 Å². The van der Waals surface area contributed by atoms with Crippen LogP contribution in [-0.2, 0) is 60.7 Å². The molecule has 7 atom stereocenters. The Hall–Kier alpha value is -6.70. The van der Waals surface area contributed by atoms with Crippen LogP contribution in [0.4, 0.5) is 0 Å². The van der Waals surface area contributed by atoms with E-state index in [4.69, 9.17) is 28.0 Å². The molecular weight excluding hydrogens is 883 g/mol. The van der Waals surface area contributed by atoms with E-state index in [2.05, 4.69) is 53.2 Å². The molecule has 1 saturated heterocycles. The molecule has 4 unspecified atom stereocenters. The summed E-state index contributed by atoms with van der Waals surface area (Å²) in [6, 6.07) is 0.497. The van der Waals surface area contributed by atoms with Gasteiger partial charge in [-0.2, -0.15) is 0 Å². The van der Waals surface area contributed by atoms with Crippen LogP contribution in [0, 0.1) is 10.8 Å². The van der Waals surface area contributed by atoms with Crippen molar-refractivity contribution in [3.05, 3.63) is 35.9 Å². The lowest BCUT2D eigenvalue weighted by molar-refractivity contribution is -0.135. The van der Waals surface area contributed by atoms with Crippen LogP contribution >= 0.6 is 0 Å². The van der Waals surface area contributed by atoms with Crippen molar-refractivity contribution in [2.45, 2.75) is 107 Å². The van der Waals surface area contributed by atoms with Crippen molar-refractivity contribution in [3.8, 4) is 0 Å². The maximum atomic E-state index is 14.2. The SMILES string of the molecule is CC(=O)N[C@@H](CCCNC(=N)N)C(=O)NC1CCC(=O)NCCCC(C(N)=O)NC(=O)CNC(=O)[C@H](CCCNC(=N)N)NC(=O)C(Cc2ccccc2)NC(=O)[C@H](CC[S+](C)[O-])NC1=O. The second-order valence-corrected chi connectivity index (χ2v) is 17.0. The van der Waals surface area contributed by atoms with Crippen LogP contribution in [0.1, 0.15) is 70.3 Å². The van der Waals surface area contributed by atoms with Crippen LogP contribution < -0.4 is 70.4 Å². The molecule has 0 bridgehead atoms. The average molecular weight is 948 g/mol. The van der Waals surface area contributed by atoms with E-state index >= 15 is 0 Å². The Morgan fingerprint density at radius 1 is 0.788 bits per heavy atom. The van der Waals surface area contributed by atoms with Crippen molar-refractivity contribution in [2.24, 2.45) is 17.2 Å². The van der Waals surface area contributed by atoms with Gasteiger partial charge in [0.2, 0.25) is 53.2 Å². The van der Waals surface area contributed by atoms with E-state index in [9.17, 15) is 47.7 Å². The maximum Gasteiger partial charge on any atom is 0.243 e. The van der Waals surface area contributed by atoms with E-state index in [1.165, 1.54) is 13.2 Å². The molecule has 366 valence electrons. The minimum absolute atomic E-state index is 0.00222. The Balaban J connectivity index is 2.60. The molecule has 0 radical (unpaired) electrons. The summed E-state index contributed by atoms with van der Waals surface area (Å²) in [5.74, 6) is -7.83. The first-order valence-corrected chi connectivity index (χ1v) is 23.1. The molecule has 0 aromatic heterocycles. The molecule has 1 aromatic rings. The number of rotatable bonds is 17. The minimum Gasteiger partial charge on any atom is -0.617 e. The number of carbonyl (C=O) groups excluding carboxylic acids is 9. The zero-order valence-corrected chi connectivity index (χ0v) is 38.0. The van der Waals surface area contributed by atoms with E-state index < -0.39 is 107 Å². The molecule has 26 heteroatoms. The monoisotopic (exact) mass is 947 g/mol. The third-order valence-corrected chi connectivity index (χ3v) is 10.7. The molecule has 1 heterocycles. The molecule has 1 aromatic carbocycles. The van der Waals surface area contributed by atoms with Gasteiger partial charge in [-0.25, -0.2) is 0 Å². The zero-order chi connectivity index (χ0) is 49.2. The van der Waals surface area contributed by atoms with Gasteiger partial charge in [0.25, 0.3) is 0 Å². The van der Waals surface area contributed by atoms with Gasteiger partial charge in [-0.15, -0.1) is 0 Å². The molecular formula is C40H65N15O10S. The van der Waals surface area contributed by atoms with Gasteiger partial charge in [0, 0.05) is 45.8 Å². The van der Waals surface area contributed by atoms with Crippen molar-refractivity contribution < 1.29 is 47.7 Å². The van der Waals surface area contributed by atoms with Gasteiger partial charge < -0.3 is 74.9 Å². The molecule has 1 fully saturated rings. The molecule has 0 saturated carbocycles. The van der Waals surface area contributed by atoms with Crippen molar-refractivity contribution in [1.82, 2.24) is 53.2 Å². The standard InChI is InChI=1S/C40H65N15O10S/c1-23(56)50-27(13-8-19-48-40(44)45)35(61)53-28-14-15-31(57)46-17-6-11-25(33(41)59)51-32(58)22-49-34(60)26(12-7-18-47-39(42)43)52-38(64)30(21-24-9-4-3-5-10-24)55-37(63)29(54-36(28)62)16-20-66(2)65/h3-5,9-10,25-30H,6-8,11-22H2,1-2H3,(H2,41,59)(H,46,57)(H,49,60)(H,50,56)(H,51,58)(H,52,64)(H,53,61)(H,54,62)(H,55,63)(H4,42,43,47)(H4,44,45,48)/t25?,26-,27-,28?,29-,30?,66?/m0/s1. The van der Waals surface area contributed by atoms with E-state index in [-0.39, 0.29) is 102 Å². The van der Waals surface area contributed by atoms with Gasteiger partial charge in [0.05, 0.1) is 12.8 Å². The molecule has 1 aliphatic heterocycles. The molecule has 18 N–H and O–H groups in total. The first-order chi connectivity index (χ1) is 31.2. The predicted molar refractivity (Wildman–Crippen MR) is 243 cm³/mol. The summed E-state index contributed by atoms with van der Waals surface area (Å²) >= 11 is -1.47. The maximum absolute atomic E-state index is 14.2. The van der Waals surface area contributed by atoms with Crippen molar-refractivity contribution in [3.63, 3.8) is 0 Å². The molecule has 66 heavy (non-hydrogen) atoms. The normalized spacial score (nSPS) is 21.7. The Labute approximate surface area is 385 Å². The van der Waals surface area contributed by atoms with Gasteiger partial charge in [0.1, 0.15) is 42.0 Å². The van der Waals surface area contributed by atoms with Crippen LogP contribution in [0.5, 0.6) is 0 Å². The lowest BCUT2D eigenvalue weighted by atomic mass is 10.0. The summed E-state index contributed by atoms with van der Waals surface area (Å²) in [6.07, 6.45) is 0.992. The van der Waals surface area contributed by atoms with Crippen LogP contribution in [-0.4, -0.2) is 144 Å². The first kappa shape index (κ1) is 55.4. The number of carbonyl (C=O) groups is 9. The highest BCUT2D eigenvalue weighted by Gasteiger charge is 2.33. The third kappa shape index (κ3) is 22.8. The fourth-order valence-electron chi connectivity index (χ4n) is 6.53. The number of hydrogen-bond donors (Lipinski definition) is 15. The van der Waals surface area contributed by atoms with Crippen LogP contribution in [0.3, 0.4) is 0 Å². The minimum atomic E-state index is -1.49. The lowest BCUT2D eigenvalue weighted by Gasteiger charge is -2.27. The Bertz CT molecular complexity index is 1860.